The van der Waals surface area contributed by atoms with Gasteiger partial charge in [-0.25, -0.2) is 4.79 Å². The number of hydrogen-bond acceptors (Lipinski definition) is 8. The normalized spacial score (nSPS) is 14.1. The summed E-state index contributed by atoms with van der Waals surface area (Å²) in [6, 6.07) is -4.48. The second-order valence-electron chi connectivity index (χ2n) is 8.46. The van der Waals surface area contributed by atoms with E-state index in [0.29, 0.717) is 18.6 Å². The number of hydrogen-bond donors (Lipinski definition) is 8. The summed E-state index contributed by atoms with van der Waals surface area (Å²) in [5.41, 5.74) is 16.5. The summed E-state index contributed by atoms with van der Waals surface area (Å²) < 4.78 is 0. The number of aliphatic imine (C=N–C) groups is 1. The molecule has 0 saturated heterocycles. The number of nitrogens with two attached hydrogens (primary N) is 3. The van der Waals surface area contributed by atoms with Crippen LogP contribution < -0.4 is 33.2 Å². The van der Waals surface area contributed by atoms with Crippen molar-refractivity contribution in [1.82, 2.24) is 16.0 Å². The van der Waals surface area contributed by atoms with E-state index < -0.39 is 66.2 Å². The van der Waals surface area contributed by atoms with Crippen molar-refractivity contribution in [3.63, 3.8) is 0 Å². The number of amides is 3. The van der Waals surface area contributed by atoms with E-state index in [2.05, 4.69) is 20.9 Å². The third-order valence-electron chi connectivity index (χ3n) is 5.06. The first-order valence-electron chi connectivity index (χ1n) is 11.5. The maximum absolute atomic E-state index is 13.1. The van der Waals surface area contributed by atoms with Crippen molar-refractivity contribution in [2.24, 2.45) is 28.1 Å². The SMILES string of the molecule is CSCCC(N)C(=O)NC(CCCN=C(N)N)C(=O)NC(C(=O)NC(CCC(=O)O)C(=O)O)C(C)C. The summed E-state index contributed by atoms with van der Waals surface area (Å²) in [5, 5.41) is 25.5. The van der Waals surface area contributed by atoms with Crippen LogP contribution in [0.1, 0.15) is 46.0 Å². The van der Waals surface area contributed by atoms with E-state index in [4.69, 9.17) is 22.3 Å². The third-order valence-corrected chi connectivity index (χ3v) is 5.70. The Morgan fingerprint density at radius 1 is 0.889 bits per heavy atom. The second-order valence-corrected chi connectivity index (χ2v) is 9.45. The molecule has 206 valence electrons. The fourth-order valence-corrected chi connectivity index (χ4v) is 3.49. The van der Waals surface area contributed by atoms with E-state index in [1.54, 1.807) is 13.8 Å². The van der Waals surface area contributed by atoms with Gasteiger partial charge in [0.25, 0.3) is 0 Å². The lowest BCUT2D eigenvalue weighted by Gasteiger charge is -2.27. The van der Waals surface area contributed by atoms with Gasteiger partial charge in [-0.2, -0.15) is 11.8 Å². The number of thioether (sulfide) groups is 1. The van der Waals surface area contributed by atoms with Gasteiger partial charge in [-0.1, -0.05) is 13.8 Å². The fraction of sp³-hybridized carbons (Fsp3) is 0.714. The van der Waals surface area contributed by atoms with Gasteiger partial charge in [0.2, 0.25) is 17.7 Å². The number of nitrogens with one attached hydrogen (secondary N) is 3. The first-order chi connectivity index (χ1) is 16.8. The van der Waals surface area contributed by atoms with E-state index in [9.17, 15) is 29.1 Å². The minimum atomic E-state index is -1.45. The zero-order valence-electron chi connectivity index (χ0n) is 20.9. The van der Waals surface area contributed by atoms with Gasteiger partial charge in [-0.05, 0) is 43.6 Å². The minimum absolute atomic E-state index is 0.119. The van der Waals surface area contributed by atoms with Crippen LogP contribution in [0, 0.1) is 5.92 Å². The monoisotopic (exact) mass is 533 g/mol. The third kappa shape index (κ3) is 13.7. The smallest absolute Gasteiger partial charge is 0.326 e. The van der Waals surface area contributed by atoms with Gasteiger partial charge in [-0.15, -0.1) is 0 Å². The predicted molar refractivity (Wildman–Crippen MR) is 136 cm³/mol. The van der Waals surface area contributed by atoms with Crippen LogP contribution in [0.5, 0.6) is 0 Å². The van der Waals surface area contributed by atoms with Crippen molar-refractivity contribution in [2.75, 3.05) is 18.6 Å². The van der Waals surface area contributed by atoms with Gasteiger partial charge < -0.3 is 43.4 Å². The molecular formula is C21H39N7O7S. The van der Waals surface area contributed by atoms with Gasteiger partial charge in [0.1, 0.15) is 18.1 Å². The Bertz CT molecular complexity index is 791. The minimum Gasteiger partial charge on any atom is -0.481 e. The summed E-state index contributed by atoms with van der Waals surface area (Å²) >= 11 is 1.52. The van der Waals surface area contributed by atoms with Crippen LogP contribution in [0.2, 0.25) is 0 Å². The van der Waals surface area contributed by atoms with Crippen LogP contribution in [0.15, 0.2) is 4.99 Å². The summed E-state index contributed by atoms with van der Waals surface area (Å²) in [6.07, 6.45) is 1.97. The highest BCUT2D eigenvalue weighted by Crippen LogP contribution is 2.08. The molecule has 11 N–H and O–H groups in total. The molecule has 36 heavy (non-hydrogen) atoms. The average molecular weight is 534 g/mol. The first-order valence-corrected chi connectivity index (χ1v) is 12.8. The molecule has 0 aliphatic heterocycles. The number of carbonyl (C=O) groups excluding carboxylic acids is 3. The zero-order valence-corrected chi connectivity index (χ0v) is 21.7. The number of carbonyl (C=O) groups is 5. The number of rotatable bonds is 18. The van der Waals surface area contributed by atoms with Crippen molar-refractivity contribution in [3.8, 4) is 0 Å². The lowest BCUT2D eigenvalue weighted by Crippen LogP contribution is -2.58. The van der Waals surface area contributed by atoms with Crippen LogP contribution in [0.25, 0.3) is 0 Å². The van der Waals surface area contributed by atoms with Gasteiger partial charge >= 0.3 is 11.9 Å². The molecule has 4 unspecified atom stereocenters. The van der Waals surface area contributed by atoms with Crippen molar-refractivity contribution >= 4 is 47.4 Å². The van der Waals surface area contributed by atoms with Crippen molar-refractivity contribution in [3.05, 3.63) is 0 Å². The molecule has 0 bridgehead atoms. The standard InChI is InChI=1S/C21H39N7O7S/c1-11(2)16(19(33)27-14(20(34)35)6-7-15(29)30)28-18(32)13(5-4-9-25-21(23)24)26-17(31)12(22)8-10-36-3/h11-14,16H,4-10,22H2,1-3H3,(H,26,31)(H,27,33)(H,28,32)(H,29,30)(H,34,35)(H4,23,24,25). The lowest BCUT2D eigenvalue weighted by molar-refractivity contribution is -0.143. The van der Waals surface area contributed by atoms with Crippen LogP contribution in [-0.4, -0.2) is 88.6 Å². The van der Waals surface area contributed by atoms with E-state index in [1.165, 1.54) is 11.8 Å². The Labute approximate surface area is 214 Å². The van der Waals surface area contributed by atoms with Crippen molar-refractivity contribution in [2.45, 2.75) is 70.1 Å². The summed E-state index contributed by atoms with van der Waals surface area (Å²) in [6.45, 7) is 3.49. The van der Waals surface area contributed by atoms with Crippen LogP contribution in [0.3, 0.4) is 0 Å². The first kappa shape index (κ1) is 32.9. The van der Waals surface area contributed by atoms with Crippen molar-refractivity contribution in [1.29, 1.82) is 0 Å². The maximum Gasteiger partial charge on any atom is 0.326 e. The number of nitrogens with zero attached hydrogens (tertiary/aromatic N) is 1. The molecule has 0 aliphatic carbocycles. The maximum atomic E-state index is 13.1. The highest BCUT2D eigenvalue weighted by Gasteiger charge is 2.31. The molecule has 0 spiro atoms. The van der Waals surface area contributed by atoms with Crippen LogP contribution in [0.4, 0.5) is 0 Å². The molecule has 0 saturated carbocycles. The largest absolute Gasteiger partial charge is 0.481 e. The Hall–Kier alpha value is -3.07. The Morgan fingerprint density at radius 3 is 2.00 bits per heavy atom. The molecule has 0 rings (SSSR count). The topological polar surface area (TPSA) is 252 Å². The molecule has 0 aromatic carbocycles. The molecule has 4 atom stereocenters. The summed E-state index contributed by atoms with van der Waals surface area (Å²) in [4.78, 5) is 64.5. The van der Waals surface area contributed by atoms with E-state index in [1.807, 2.05) is 6.26 Å². The quantitative estimate of drug-likeness (QED) is 0.0553. The zero-order chi connectivity index (χ0) is 27.8. The molecule has 0 aromatic rings. The molecule has 0 fully saturated rings. The van der Waals surface area contributed by atoms with Crippen LogP contribution in [-0.2, 0) is 24.0 Å². The fourth-order valence-electron chi connectivity index (χ4n) is 3.00. The molecule has 0 heterocycles. The van der Waals surface area contributed by atoms with E-state index in [-0.39, 0.29) is 25.3 Å². The Morgan fingerprint density at radius 2 is 1.50 bits per heavy atom. The lowest BCUT2D eigenvalue weighted by atomic mass is 10.0. The summed E-state index contributed by atoms with van der Waals surface area (Å²) in [5.74, 6) is -4.53. The number of carboxylic acid groups (broad SMARTS) is 2. The van der Waals surface area contributed by atoms with Gasteiger partial charge in [0, 0.05) is 13.0 Å². The second kappa shape index (κ2) is 17.4. The molecule has 14 nitrogen and oxygen atoms in total. The van der Waals surface area contributed by atoms with E-state index in [0.717, 1.165) is 0 Å². The van der Waals surface area contributed by atoms with E-state index >= 15 is 0 Å². The molecular weight excluding hydrogens is 494 g/mol. The molecule has 15 heteroatoms. The van der Waals surface area contributed by atoms with Gasteiger partial charge in [0.15, 0.2) is 5.96 Å². The number of aliphatic carboxylic acids is 2. The van der Waals surface area contributed by atoms with Crippen LogP contribution >= 0.6 is 11.8 Å². The molecule has 0 aromatic heterocycles. The molecule has 0 radical (unpaired) electrons. The van der Waals surface area contributed by atoms with Gasteiger partial charge in [0.05, 0.1) is 6.04 Å². The molecule has 0 aliphatic rings. The number of guanidine groups is 1. The molecule has 3 amide bonds. The number of carboxylic acids is 2. The Balaban J connectivity index is 5.50. The Kier molecular flexibility index (Phi) is 15.9. The average Bonchev–Trinajstić information content (AvgIpc) is 2.79. The summed E-state index contributed by atoms with van der Waals surface area (Å²) in [7, 11) is 0. The van der Waals surface area contributed by atoms with Gasteiger partial charge in [-0.3, -0.25) is 24.2 Å². The highest BCUT2D eigenvalue weighted by atomic mass is 32.2. The highest BCUT2D eigenvalue weighted by molar-refractivity contribution is 7.98. The predicted octanol–water partition coefficient (Wildman–Crippen LogP) is -1.82. The van der Waals surface area contributed by atoms with Crippen molar-refractivity contribution < 1.29 is 34.2 Å².